The molecule has 0 amide bonds. The fraction of sp³-hybridized carbons (Fsp3) is 0.875. The second-order valence-corrected chi connectivity index (χ2v) is 2.55. The van der Waals surface area contributed by atoms with Crippen molar-refractivity contribution in [1.82, 2.24) is 4.90 Å². The summed E-state index contributed by atoms with van der Waals surface area (Å²) in [6.45, 7) is 5.24. The van der Waals surface area contributed by atoms with Gasteiger partial charge in [-0.05, 0) is 6.42 Å². The van der Waals surface area contributed by atoms with Gasteiger partial charge in [0.15, 0.2) is 0 Å². The van der Waals surface area contributed by atoms with Gasteiger partial charge >= 0.3 is 0 Å². The van der Waals surface area contributed by atoms with E-state index in [4.69, 9.17) is 0 Å². The summed E-state index contributed by atoms with van der Waals surface area (Å²) in [4.78, 5) is 6.48. The summed E-state index contributed by atoms with van der Waals surface area (Å²) in [5.41, 5.74) is 0. The third kappa shape index (κ3) is 3.49. The van der Waals surface area contributed by atoms with Crippen molar-refractivity contribution in [3.63, 3.8) is 0 Å². The van der Waals surface area contributed by atoms with Crippen LogP contribution in [0.2, 0.25) is 0 Å². The number of hydrogen-bond donors (Lipinski definition) is 0. The van der Waals surface area contributed by atoms with Crippen LogP contribution in [0.3, 0.4) is 0 Å². The lowest BCUT2D eigenvalue weighted by Gasteiger charge is -2.13. The van der Waals surface area contributed by atoms with Crippen LogP contribution in [0.25, 0.3) is 0 Å². The normalized spacial score (nSPS) is 11.8. The molecule has 0 radical (unpaired) electrons. The van der Waals surface area contributed by atoms with Crippen molar-refractivity contribution >= 4 is 5.84 Å². The molecule has 60 valence electrons. The van der Waals surface area contributed by atoms with Gasteiger partial charge in [-0.15, -0.1) is 0 Å². The van der Waals surface area contributed by atoms with Crippen LogP contribution in [-0.2, 0) is 0 Å². The van der Waals surface area contributed by atoms with Crippen molar-refractivity contribution in [2.45, 2.75) is 26.7 Å². The highest BCUT2D eigenvalue weighted by atomic mass is 15.1. The van der Waals surface area contributed by atoms with Gasteiger partial charge in [0, 0.05) is 27.1 Å². The first-order valence-corrected chi connectivity index (χ1v) is 3.93. The van der Waals surface area contributed by atoms with Crippen molar-refractivity contribution in [2.24, 2.45) is 4.99 Å². The molecule has 0 aliphatic rings. The Labute approximate surface area is 63.9 Å². The largest absolute Gasteiger partial charge is 0.367 e. The topological polar surface area (TPSA) is 15.6 Å². The Morgan fingerprint density at radius 2 is 1.90 bits per heavy atom. The monoisotopic (exact) mass is 142 g/mol. The Kier molecular flexibility index (Phi) is 4.99. The first kappa shape index (κ1) is 9.47. The third-order valence-corrected chi connectivity index (χ3v) is 1.35. The van der Waals surface area contributed by atoms with Gasteiger partial charge in [-0.1, -0.05) is 13.8 Å². The van der Waals surface area contributed by atoms with Gasteiger partial charge in [-0.25, -0.2) is 0 Å². The zero-order valence-electron chi connectivity index (χ0n) is 7.52. The molecule has 10 heavy (non-hydrogen) atoms. The molecular formula is C8H18N2. The Balaban J connectivity index is 3.79. The molecule has 0 saturated heterocycles. The standard InChI is InChI=1S/C8H18N2/c1-5-7-9-8(6-2)10(3)4/h5-7H2,1-4H3. The molecule has 0 aliphatic heterocycles. The average Bonchev–Trinajstić information content (AvgIpc) is 1.89. The predicted molar refractivity (Wildman–Crippen MR) is 46.6 cm³/mol. The molecule has 0 aromatic rings. The summed E-state index contributed by atoms with van der Waals surface area (Å²) in [6.07, 6.45) is 2.17. The minimum Gasteiger partial charge on any atom is -0.367 e. The summed E-state index contributed by atoms with van der Waals surface area (Å²) in [5, 5.41) is 0. The number of aliphatic imine (C=N–C) groups is 1. The maximum atomic E-state index is 4.40. The lowest BCUT2D eigenvalue weighted by molar-refractivity contribution is 0.601. The van der Waals surface area contributed by atoms with Gasteiger partial charge in [0.1, 0.15) is 0 Å². The van der Waals surface area contributed by atoms with Crippen LogP contribution in [0.5, 0.6) is 0 Å². The van der Waals surface area contributed by atoms with Crippen molar-refractivity contribution in [3.8, 4) is 0 Å². The molecule has 0 unspecified atom stereocenters. The highest BCUT2D eigenvalue weighted by Crippen LogP contribution is 1.90. The van der Waals surface area contributed by atoms with E-state index in [2.05, 4.69) is 23.7 Å². The molecule has 0 atom stereocenters. The molecular weight excluding hydrogens is 124 g/mol. The van der Waals surface area contributed by atoms with Gasteiger partial charge in [-0.2, -0.15) is 0 Å². The van der Waals surface area contributed by atoms with Crippen LogP contribution in [0.4, 0.5) is 0 Å². The fourth-order valence-corrected chi connectivity index (χ4v) is 0.810. The highest BCUT2D eigenvalue weighted by Gasteiger charge is 1.94. The molecule has 0 aliphatic carbocycles. The first-order chi connectivity index (χ1) is 4.72. The zero-order chi connectivity index (χ0) is 7.98. The van der Waals surface area contributed by atoms with E-state index in [0.717, 1.165) is 19.4 Å². The number of nitrogens with zero attached hydrogens (tertiary/aromatic N) is 2. The fourth-order valence-electron chi connectivity index (χ4n) is 0.810. The molecule has 0 rings (SSSR count). The van der Waals surface area contributed by atoms with E-state index in [1.54, 1.807) is 0 Å². The minimum atomic E-state index is 0.960. The summed E-state index contributed by atoms with van der Waals surface area (Å²) < 4.78 is 0. The molecule has 0 heterocycles. The SMILES string of the molecule is CCCN=C(CC)N(C)C. The lowest BCUT2D eigenvalue weighted by atomic mass is 10.4. The van der Waals surface area contributed by atoms with Crippen LogP contribution in [-0.4, -0.2) is 31.4 Å². The van der Waals surface area contributed by atoms with E-state index in [0.29, 0.717) is 0 Å². The zero-order valence-corrected chi connectivity index (χ0v) is 7.52. The third-order valence-electron chi connectivity index (χ3n) is 1.35. The van der Waals surface area contributed by atoms with E-state index in [9.17, 15) is 0 Å². The van der Waals surface area contributed by atoms with Crippen molar-refractivity contribution < 1.29 is 0 Å². The van der Waals surface area contributed by atoms with Crippen LogP contribution >= 0.6 is 0 Å². The van der Waals surface area contributed by atoms with Crippen LogP contribution in [0, 0.1) is 0 Å². The van der Waals surface area contributed by atoms with Crippen LogP contribution < -0.4 is 0 Å². The van der Waals surface area contributed by atoms with Gasteiger partial charge in [0.25, 0.3) is 0 Å². The number of rotatable bonds is 3. The highest BCUT2D eigenvalue weighted by molar-refractivity contribution is 5.81. The predicted octanol–water partition coefficient (Wildman–Crippen LogP) is 1.77. The molecule has 2 heteroatoms. The van der Waals surface area contributed by atoms with Crippen LogP contribution in [0.1, 0.15) is 26.7 Å². The Morgan fingerprint density at radius 1 is 1.30 bits per heavy atom. The van der Waals surface area contributed by atoms with Crippen molar-refractivity contribution in [3.05, 3.63) is 0 Å². The quantitative estimate of drug-likeness (QED) is 0.433. The van der Waals surface area contributed by atoms with E-state index in [-0.39, 0.29) is 0 Å². The van der Waals surface area contributed by atoms with Crippen molar-refractivity contribution in [2.75, 3.05) is 20.6 Å². The first-order valence-electron chi connectivity index (χ1n) is 3.93. The van der Waals surface area contributed by atoms with E-state index < -0.39 is 0 Å². The number of hydrogen-bond acceptors (Lipinski definition) is 1. The minimum absolute atomic E-state index is 0.960. The summed E-state index contributed by atoms with van der Waals surface area (Å²) >= 11 is 0. The molecule has 0 spiro atoms. The van der Waals surface area contributed by atoms with Gasteiger partial charge in [0.05, 0.1) is 5.84 Å². The maximum Gasteiger partial charge on any atom is 0.0980 e. The van der Waals surface area contributed by atoms with E-state index in [1.165, 1.54) is 5.84 Å². The summed E-state index contributed by atoms with van der Waals surface area (Å²) in [6, 6.07) is 0. The average molecular weight is 142 g/mol. The van der Waals surface area contributed by atoms with Crippen molar-refractivity contribution in [1.29, 1.82) is 0 Å². The Morgan fingerprint density at radius 3 is 2.20 bits per heavy atom. The summed E-state index contributed by atoms with van der Waals surface area (Å²) in [7, 11) is 4.08. The second-order valence-electron chi connectivity index (χ2n) is 2.55. The van der Waals surface area contributed by atoms with E-state index >= 15 is 0 Å². The molecule has 0 aromatic heterocycles. The van der Waals surface area contributed by atoms with E-state index in [1.807, 2.05) is 14.1 Å². The second kappa shape index (κ2) is 5.27. The smallest absolute Gasteiger partial charge is 0.0980 e. The Bertz CT molecular complexity index is 106. The maximum absolute atomic E-state index is 4.40. The molecule has 0 fully saturated rings. The van der Waals surface area contributed by atoms with Gasteiger partial charge in [-0.3, -0.25) is 4.99 Å². The molecule has 0 bridgehead atoms. The van der Waals surface area contributed by atoms with Gasteiger partial charge in [0.2, 0.25) is 0 Å². The van der Waals surface area contributed by atoms with Gasteiger partial charge < -0.3 is 4.90 Å². The summed E-state index contributed by atoms with van der Waals surface area (Å²) in [5.74, 6) is 1.20. The molecule has 0 saturated carbocycles. The Hall–Kier alpha value is -0.530. The van der Waals surface area contributed by atoms with Crippen LogP contribution in [0.15, 0.2) is 4.99 Å². The molecule has 2 nitrogen and oxygen atoms in total. The number of amidine groups is 1. The molecule has 0 N–H and O–H groups in total. The lowest BCUT2D eigenvalue weighted by Crippen LogP contribution is -2.21. The molecule has 0 aromatic carbocycles.